The molecule has 0 radical (unpaired) electrons. The molecule has 1 saturated heterocycles. The van der Waals surface area contributed by atoms with E-state index in [9.17, 15) is 5.11 Å². The Morgan fingerprint density at radius 1 is 1.29 bits per heavy atom. The molecule has 1 heterocycles. The van der Waals surface area contributed by atoms with Crippen molar-refractivity contribution < 1.29 is 14.9 Å². The van der Waals surface area contributed by atoms with Gasteiger partial charge in [0.25, 0.3) is 0 Å². The maximum absolute atomic E-state index is 10.1. The molecular weight excluding hydrogens is 266 g/mol. The van der Waals surface area contributed by atoms with Crippen LogP contribution in [0.25, 0.3) is 0 Å². The van der Waals surface area contributed by atoms with Crippen LogP contribution in [0.15, 0.2) is 30.3 Å². The summed E-state index contributed by atoms with van der Waals surface area (Å²) < 4.78 is 5.58. The van der Waals surface area contributed by atoms with Gasteiger partial charge in [-0.3, -0.25) is 0 Å². The van der Waals surface area contributed by atoms with E-state index in [4.69, 9.17) is 9.84 Å². The summed E-state index contributed by atoms with van der Waals surface area (Å²) in [6.45, 7) is 3.87. The van der Waals surface area contributed by atoms with Crippen LogP contribution in [0.2, 0.25) is 0 Å². The number of aliphatic hydroxyl groups excluding tert-OH is 2. The molecule has 2 N–H and O–H groups in total. The second-order valence-electron chi connectivity index (χ2n) is 5.93. The molecule has 118 valence electrons. The molecule has 1 aromatic carbocycles. The maximum Gasteiger partial charge on any atom is 0.0900 e. The van der Waals surface area contributed by atoms with E-state index >= 15 is 0 Å². The first-order chi connectivity index (χ1) is 10.3. The molecule has 0 aliphatic carbocycles. The summed E-state index contributed by atoms with van der Waals surface area (Å²) in [5.41, 5.74) is 1.13. The van der Waals surface area contributed by atoms with Crippen molar-refractivity contribution in [2.24, 2.45) is 5.92 Å². The number of ether oxygens (including phenoxy) is 1. The molecule has 0 bridgehead atoms. The van der Waals surface area contributed by atoms with Gasteiger partial charge in [0.05, 0.1) is 19.3 Å². The molecule has 0 amide bonds. The second kappa shape index (κ2) is 9.15. The fraction of sp³-hybridized carbons (Fsp3) is 0.647. The minimum absolute atomic E-state index is 0.265. The molecule has 4 nitrogen and oxygen atoms in total. The maximum atomic E-state index is 10.1. The summed E-state index contributed by atoms with van der Waals surface area (Å²) in [6, 6.07) is 10.0. The standard InChI is InChI=1S/C17H27NO3/c19-10-8-15-7-4-9-18(11-15)12-17(20)14-21-13-16-5-2-1-3-6-16/h1-3,5-6,15,17,19-20H,4,7-14H2. The summed E-state index contributed by atoms with van der Waals surface area (Å²) in [5.74, 6) is 0.571. The van der Waals surface area contributed by atoms with Gasteiger partial charge in [0.2, 0.25) is 0 Å². The minimum Gasteiger partial charge on any atom is -0.396 e. The predicted molar refractivity (Wildman–Crippen MR) is 83.0 cm³/mol. The number of piperidine rings is 1. The van der Waals surface area contributed by atoms with Crippen molar-refractivity contribution in [2.75, 3.05) is 32.8 Å². The predicted octanol–water partition coefficient (Wildman–Crippen LogP) is 1.66. The zero-order valence-electron chi connectivity index (χ0n) is 12.7. The molecule has 1 fully saturated rings. The third-order valence-electron chi connectivity index (χ3n) is 4.03. The highest BCUT2D eigenvalue weighted by atomic mass is 16.5. The lowest BCUT2D eigenvalue weighted by Crippen LogP contribution is -2.41. The number of aliphatic hydroxyl groups is 2. The zero-order valence-corrected chi connectivity index (χ0v) is 12.7. The van der Waals surface area contributed by atoms with Gasteiger partial charge in [-0.05, 0) is 37.3 Å². The average Bonchev–Trinajstić information content (AvgIpc) is 2.49. The van der Waals surface area contributed by atoms with Gasteiger partial charge >= 0.3 is 0 Å². The van der Waals surface area contributed by atoms with E-state index in [0.29, 0.717) is 25.7 Å². The van der Waals surface area contributed by atoms with Gasteiger partial charge in [0.1, 0.15) is 0 Å². The first-order valence-corrected chi connectivity index (χ1v) is 7.91. The van der Waals surface area contributed by atoms with Gasteiger partial charge < -0.3 is 19.8 Å². The molecule has 1 aromatic rings. The van der Waals surface area contributed by atoms with E-state index < -0.39 is 6.10 Å². The van der Waals surface area contributed by atoms with Crippen molar-refractivity contribution in [2.45, 2.75) is 32.0 Å². The van der Waals surface area contributed by atoms with Crippen LogP contribution in [0.3, 0.4) is 0 Å². The molecule has 0 saturated carbocycles. The number of benzene rings is 1. The topological polar surface area (TPSA) is 52.9 Å². The summed E-state index contributed by atoms with van der Waals surface area (Å²) in [5, 5.41) is 19.1. The molecule has 0 aromatic heterocycles. The molecule has 1 aliphatic rings. The molecule has 21 heavy (non-hydrogen) atoms. The number of rotatable bonds is 8. The molecule has 0 spiro atoms. The SMILES string of the molecule is OCCC1CCCN(CC(O)COCc2ccccc2)C1. The molecular formula is C17H27NO3. The van der Waals surface area contributed by atoms with Crippen LogP contribution in [0, 0.1) is 5.92 Å². The highest BCUT2D eigenvalue weighted by Crippen LogP contribution is 2.19. The van der Waals surface area contributed by atoms with E-state index in [0.717, 1.165) is 31.5 Å². The Morgan fingerprint density at radius 2 is 2.10 bits per heavy atom. The smallest absolute Gasteiger partial charge is 0.0900 e. The van der Waals surface area contributed by atoms with Crippen molar-refractivity contribution in [3.05, 3.63) is 35.9 Å². The second-order valence-corrected chi connectivity index (χ2v) is 5.93. The zero-order chi connectivity index (χ0) is 14.9. The lowest BCUT2D eigenvalue weighted by Gasteiger charge is -2.33. The third kappa shape index (κ3) is 6.14. The Kier molecular flexibility index (Phi) is 7.16. The van der Waals surface area contributed by atoms with Gasteiger partial charge in [-0.2, -0.15) is 0 Å². The van der Waals surface area contributed by atoms with Crippen molar-refractivity contribution >= 4 is 0 Å². The van der Waals surface area contributed by atoms with E-state index in [1.807, 2.05) is 30.3 Å². The fourth-order valence-electron chi connectivity index (χ4n) is 2.97. The highest BCUT2D eigenvalue weighted by molar-refractivity contribution is 5.13. The quantitative estimate of drug-likeness (QED) is 0.765. The van der Waals surface area contributed by atoms with Crippen molar-refractivity contribution in [1.82, 2.24) is 4.90 Å². The summed E-state index contributed by atoms with van der Waals surface area (Å²) in [4.78, 5) is 2.29. The normalized spacial score (nSPS) is 21.3. The van der Waals surface area contributed by atoms with Gasteiger partial charge in [0, 0.05) is 19.7 Å². The highest BCUT2D eigenvalue weighted by Gasteiger charge is 2.21. The Bertz CT molecular complexity index is 383. The molecule has 1 aliphatic heterocycles. The number of hydrogen-bond acceptors (Lipinski definition) is 4. The van der Waals surface area contributed by atoms with Crippen LogP contribution >= 0.6 is 0 Å². The third-order valence-corrected chi connectivity index (χ3v) is 4.03. The van der Waals surface area contributed by atoms with Crippen LogP contribution in [-0.2, 0) is 11.3 Å². The van der Waals surface area contributed by atoms with E-state index in [1.165, 1.54) is 6.42 Å². The largest absolute Gasteiger partial charge is 0.396 e. The van der Waals surface area contributed by atoms with Crippen LogP contribution in [-0.4, -0.2) is 54.1 Å². The van der Waals surface area contributed by atoms with Crippen LogP contribution in [0.5, 0.6) is 0 Å². The van der Waals surface area contributed by atoms with Crippen molar-refractivity contribution in [3.8, 4) is 0 Å². The Hall–Kier alpha value is -0.940. The van der Waals surface area contributed by atoms with Crippen LogP contribution in [0.4, 0.5) is 0 Å². The first kappa shape index (κ1) is 16.4. The number of nitrogens with zero attached hydrogens (tertiary/aromatic N) is 1. The lowest BCUT2D eigenvalue weighted by atomic mass is 9.95. The summed E-state index contributed by atoms with van der Waals surface area (Å²) in [6.07, 6.45) is 2.78. The molecule has 2 unspecified atom stereocenters. The van der Waals surface area contributed by atoms with Gasteiger partial charge in [0.15, 0.2) is 0 Å². The van der Waals surface area contributed by atoms with Crippen LogP contribution in [0.1, 0.15) is 24.8 Å². The van der Waals surface area contributed by atoms with E-state index in [2.05, 4.69) is 4.90 Å². The molecule has 4 heteroatoms. The molecule has 2 atom stereocenters. The summed E-state index contributed by atoms with van der Waals surface area (Å²) >= 11 is 0. The van der Waals surface area contributed by atoms with Gasteiger partial charge in [-0.1, -0.05) is 30.3 Å². The number of likely N-dealkylation sites (tertiary alicyclic amines) is 1. The average molecular weight is 293 g/mol. The fourth-order valence-corrected chi connectivity index (χ4v) is 2.97. The first-order valence-electron chi connectivity index (χ1n) is 7.91. The van der Waals surface area contributed by atoms with Crippen molar-refractivity contribution in [3.63, 3.8) is 0 Å². The van der Waals surface area contributed by atoms with E-state index in [-0.39, 0.29) is 6.61 Å². The number of hydrogen-bond donors (Lipinski definition) is 2. The van der Waals surface area contributed by atoms with Gasteiger partial charge in [-0.15, -0.1) is 0 Å². The Morgan fingerprint density at radius 3 is 2.86 bits per heavy atom. The number of β-amino-alcohol motifs (C(OH)–C–C–N with tert-alkyl or cyclic N) is 1. The Labute approximate surface area is 127 Å². The monoisotopic (exact) mass is 293 g/mol. The van der Waals surface area contributed by atoms with Crippen LogP contribution < -0.4 is 0 Å². The minimum atomic E-state index is -0.443. The van der Waals surface area contributed by atoms with Gasteiger partial charge in [-0.25, -0.2) is 0 Å². The van der Waals surface area contributed by atoms with Crippen molar-refractivity contribution in [1.29, 1.82) is 0 Å². The summed E-state index contributed by atoms with van der Waals surface area (Å²) in [7, 11) is 0. The Balaban J connectivity index is 1.63. The molecule has 2 rings (SSSR count). The van der Waals surface area contributed by atoms with E-state index in [1.54, 1.807) is 0 Å². The lowest BCUT2D eigenvalue weighted by molar-refractivity contribution is 0.00201.